The van der Waals surface area contributed by atoms with Gasteiger partial charge in [0.25, 0.3) is 0 Å². The third-order valence-electron chi connectivity index (χ3n) is 5.36. The number of alkyl halides is 2. The Morgan fingerprint density at radius 3 is 1.50 bits per heavy atom. The van der Waals surface area contributed by atoms with Crippen molar-refractivity contribution in [2.45, 2.75) is 30.4 Å². The van der Waals surface area contributed by atoms with Crippen LogP contribution in [0.1, 0.15) is 37.5 Å². The Kier molecular flexibility index (Phi) is 14.1. The Balaban J connectivity index is 0.000000273. The van der Waals surface area contributed by atoms with E-state index in [0.29, 0.717) is 5.88 Å². The van der Waals surface area contributed by atoms with E-state index < -0.39 is 4.87 Å². The van der Waals surface area contributed by atoms with Crippen LogP contribution in [0, 0.1) is 17.5 Å². The molecule has 36 heavy (non-hydrogen) atoms. The number of benzene rings is 3. The van der Waals surface area contributed by atoms with Crippen LogP contribution in [0.5, 0.6) is 0 Å². The highest BCUT2D eigenvalue weighted by molar-refractivity contribution is 7.99. The summed E-state index contributed by atoms with van der Waals surface area (Å²) < 4.78 is 37.5. The van der Waals surface area contributed by atoms with Crippen molar-refractivity contribution < 1.29 is 13.2 Å². The van der Waals surface area contributed by atoms with Crippen molar-refractivity contribution in [3.63, 3.8) is 0 Å². The van der Waals surface area contributed by atoms with Crippen LogP contribution in [0.2, 0.25) is 0 Å². The summed E-state index contributed by atoms with van der Waals surface area (Å²) >= 11 is 15.5. The van der Waals surface area contributed by atoms with Crippen LogP contribution in [-0.2, 0) is 9.62 Å². The van der Waals surface area contributed by atoms with Gasteiger partial charge in [-0.1, -0.05) is 48.6 Å². The van der Waals surface area contributed by atoms with E-state index in [1.54, 1.807) is 59.9 Å². The van der Waals surface area contributed by atoms with Crippen molar-refractivity contribution >= 4 is 52.3 Å². The molecule has 0 bridgehead atoms. The van der Waals surface area contributed by atoms with Crippen LogP contribution in [0.3, 0.4) is 0 Å². The maximum absolute atomic E-state index is 12.6. The number of rotatable bonds is 7. The van der Waals surface area contributed by atoms with Crippen molar-refractivity contribution in [2.24, 2.45) is 0 Å². The van der Waals surface area contributed by atoms with Gasteiger partial charge in [-0.25, -0.2) is 13.2 Å². The Morgan fingerprint density at radius 2 is 1.17 bits per heavy atom. The van der Waals surface area contributed by atoms with Gasteiger partial charge >= 0.3 is 0 Å². The Morgan fingerprint density at radius 1 is 0.778 bits per heavy atom. The number of hydrogen-bond acceptors (Lipinski definition) is 2. The molecule has 0 N–H and O–H groups in total. The quantitative estimate of drug-likeness (QED) is 0.258. The second kappa shape index (κ2) is 15.7. The van der Waals surface area contributed by atoms with Crippen molar-refractivity contribution in [3.8, 4) is 0 Å². The molecule has 0 saturated heterocycles. The monoisotopic (exact) mass is 572 g/mol. The molecule has 2 atom stereocenters. The minimum absolute atomic E-state index is 0.116. The molecule has 0 aliphatic carbocycles. The van der Waals surface area contributed by atoms with Crippen LogP contribution in [0.15, 0.2) is 79.4 Å². The minimum atomic E-state index is -0.396. The average molecular weight is 574 g/mol. The molecule has 3 aromatic rings. The second-order valence-electron chi connectivity index (χ2n) is 8.50. The molecular weight excluding hydrogens is 540 g/mol. The van der Waals surface area contributed by atoms with Crippen LogP contribution in [0.4, 0.5) is 13.2 Å². The lowest BCUT2D eigenvalue weighted by atomic mass is 10.0. The maximum Gasteiger partial charge on any atom is 0.123 e. The summed E-state index contributed by atoms with van der Waals surface area (Å²) in [5.74, 6) is 0.715. The molecule has 0 nitrogen and oxygen atoms in total. The van der Waals surface area contributed by atoms with E-state index in [-0.39, 0.29) is 22.2 Å². The highest BCUT2D eigenvalue weighted by Crippen LogP contribution is 2.35. The smallest absolute Gasteiger partial charge is 0.123 e. The minimum Gasteiger partial charge on any atom is -0.207 e. The largest absolute Gasteiger partial charge is 0.207 e. The molecule has 0 aliphatic heterocycles. The van der Waals surface area contributed by atoms with Gasteiger partial charge in [0.05, 0.1) is 9.62 Å². The van der Waals surface area contributed by atoms with Gasteiger partial charge in [-0.3, -0.25) is 0 Å². The third-order valence-corrected chi connectivity index (χ3v) is 8.71. The summed E-state index contributed by atoms with van der Waals surface area (Å²) in [6, 6.07) is 19.2. The first-order valence-electron chi connectivity index (χ1n) is 11.1. The van der Waals surface area contributed by atoms with Gasteiger partial charge in [0.15, 0.2) is 0 Å². The van der Waals surface area contributed by atoms with E-state index in [0.717, 1.165) is 28.0 Å². The van der Waals surface area contributed by atoms with Gasteiger partial charge in [-0.05, 0) is 86.4 Å². The second-order valence-corrected chi connectivity index (χ2v) is 11.8. The molecular formula is C29H33Cl2F3S2. The first-order valence-corrected chi connectivity index (χ1v) is 14.6. The normalized spacial score (nSPS) is 13.7. The summed E-state index contributed by atoms with van der Waals surface area (Å²) in [6.45, 7) is 9.62. The molecule has 7 heteroatoms. The fraction of sp³-hybridized carbons (Fsp3) is 0.310. The lowest BCUT2D eigenvalue weighted by Gasteiger charge is -2.25. The lowest BCUT2D eigenvalue weighted by molar-refractivity contribution is 0.625. The van der Waals surface area contributed by atoms with Gasteiger partial charge in [0.1, 0.15) is 17.5 Å². The molecule has 3 rings (SSSR count). The van der Waals surface area contributed by atoms with Crippen molar-refractivity contribution in [2.75, 3.05) is 24.1 Å². The molecule has 0 fully saturated rings. The summed E-state index contributed by atoms with van der Waals surface area (Å²) in [4.78, 5) is -0.396. The molecule has 0 saturated carbocycles. The van der Waals surface area contributed by atoms with Crippen molar-refractivity contribution in [3.05, 3.63) is 114 Å². The molecule has 196 valence electrons. The lowest BCUT2D eigenvalue weighted by Crippen LogP contribution is -2.18. The topological polar surface area (TPSA) is 0 Å². The first kappa shape index (κ1) is 32.5. The van der Waals surface area contributed by atoms with E-state index in [4.69, 9.17) is 23.2 Å². The van der Waals surface area contributed by atoms with Gasteiger partial charge < -0.3 is 0 Å². The van der Waals surface area contributed by atoms with E-state index in [1.165, 1.54) is 36.4 Å². The highest BCUT2D eigenvalue weighted by atomic mass is 35.5. The van der Waals surface area contributed by atoms with Gasteiger partial charge in [0, 0.05) is 11.6 Å². The van der Waals surface area contributed by atoms with Gasteiger partial charge in [-0.2, -0.15) is 23.5 Å². The fourth-order valence-electron chi connectivity index (χ4n) is 2.94. The molecule has 2 unspecified atom stereocenters. The van der Waals surface area contributed by atoms with Crippen LogP contribution in [0.25, 0.3) is 5.57 Å². The van der Waals surface area contributed by atoms with Gasteiger partial charge in [-0.15, -0.1) is 23.2 Å². The molecule has 0 heterocycles. The Bertz CT molecular complexity index is 1050. The number of halogens is 5. The van der Waals surface area contributed by atoms with E-state index >= 15 is 0 Å². The Hall–Kier alpha value is -1.53. The summed E-state index contributed by atoms with van der Waals surface area (Å²) in [5.41, 5.74) is 3.97. The van der Waals surface area contributed by atoms with Crippen molar-refractivity contribution in [1.82, 2.24) is 0 Å². The molecule has 0 radical (unpaired) electrons. The van der Waals surface area contributed by atoms with E-state index in [1.807, 2.05) is 26.4 Å². The molecule has 0 aliphatic rings. The van der Waals surface area contributed by atoms with Crippen LogP contribution >= 0.6 is 46.7 Å². The summed E-state index contributed by atoms with van der Waals surface area (Å²) in [7, 11) is 0. The predicted octanol–water partition coefficient (Wildman–Crippen LogP) is 10.1. The molecule has 0 spiro atoms. The average Bonchev–Trinajstić information content (AvgIpc) is 2.85. The third kappa shape index (κ3) is 10.8. The van der Waals surface area contributed by atoms with Crippen LogP contribution < -0.4 is 0 Å². The summed E-state index contributed by atoms with van der Waals surface area (Å²) in [6.07, 6.45) is 4.01. The number of thioether (sulfide) groups is 2. The maximum atomic E-state index is 12.6. The number of hydrogen-bond donors (Lipinski definition) is 0. The zero-order valence-corrected chi connectivity index (χ0v) is 24.4. The fourth-order valence-corrected chi connectivity index (χ4v) is 5.06. The molecule has 0 amide bonds. The summed E-state index contributed by atoms with van der Waals surface area (Å²) in [5, 5.41) is 0. The zero-order chi connectivity index (χ0) is 27.4. The van der Waals surface area contributed by atoms with E-state index in [9.17, 15) is 13.2 Å². The molecule has 3 aromatic carbocycles. The van der Waals surface area contributed by atoms with Crippen molar-refractivity contribution in [1.29, 1.82) is 0 Å². The standard InChI is InChI=1S/2C10H12ClFS.C9H9F/c1-10(11,7-13-2)8-3-5-9(12)6-4-8;1-10(7-11,13-2)8-3-5-9(12)6-4-8;1-7(2)8-3-5-9(10)6-4-8/h2*3-6H,7H2,1-2H3;3-6H,1H2,2H3. The highest BCUT2D eigenvalue weighted by Gasteiger charge is 2.24. The Labute approximate surface area is 232 Å². The predicted molar refractivity (Wildman–Crippen MR) is 157 cm³/mol. The zero-order valence-electron chi connectivity index (χ0n) is 21.3. The SMILES string of the molecule is C=C(C)c1ccc(F)cc1.CSC(C)(CCl)c1ccc(F)cc1.CSCC(C)(Cl)c1ccc(F)cc1. The van der Waals surface area contributed by atoms with Crippen LogP contribution in [-0.4, -0.2) is 24.1 Å². The first-order chi connectivity index (χ1) is 16.9. The molecule has 0 aromatic heterocycles. The van der Waals surface area contributed by atoms with Gasteiger partial charge in [0.2, 0.25) is 0 Å². The number of allylic oxidation sites excluding steroid dienone is 1. The van der Waals surface area contributed by atoms with E-state index in [2.05, 4.69) is 13.5 Å².